The molecule has 0 unspecified atom stereocenters. The predicted octanol–water partition coefficient (Wildman–Crippen LogP) is 4.15. The molecule has 84 valence electrons. The molecule has 0 saturated heterocycles. The lowest BCUT2D eigenvalue weighted by molar-refractivity contribution is 0.623. The van der Waals surface area contributed by atoms with Gasteiger partial charge in [0, 0.05) is 10.6 Å². The van der Waals surface area contributed by atoms with E-state index in [1.807, 2.05) is 23.9 Å². The van der Waals surface area contributed by atoms with Gasteiger partial charge < -0.3 is 0 Å². The van der Waals surface area contributed by atoms with Gasteiger partial charge in [-0.05, 0) is 37.3 Å². The van der Waals surface area contributed by atoms with Gasteiger partial charge in [-0.15, -0.1) is 11.8 Å². The van der Waals surface area contributed by atoms with Gasteiger partial charge >= 0.3 is 0 Å². The van der Waals surface area contributed by atoms with Crippen molar-refractivity contribution in [3.8, 4) is 6.07 Å². The van der Waals surface area contributed by atoms with Crippen molar-refractivity contribution in [3.63, 3.8) is 0 Å². The highest BCUT2D eigenvalue weighted by molar-refractivity contribution is 7.99. The van der Waals surface area contributed by atoms with E-state index in [0.717, 1.165) is 11.5 Å². The van der Waals surface area contributed by atoms with Crippen LogP contribution in [-0.2, 0) is 0 Å². The van der Waals surface area contributed by atoms with Gasteiger partial charge in [0.25, 0.3) is 0 Å². The predicted molar refractivity (Wildman–Crippen MR) is 68.6 cm³/mol. The molecule has 1 aliphatic carbocycles. The van der Waals surface area contributed by atoms with Crippen LogP contribution in [0.4, 0.5) is 0 Å². The molecule has 0 spiro atoms. The number of rotatable bonds is 3. The van der Waals surface area contributed by atoms with E-state index in [-0.39, 0.29) is 0 Å². The molecule has 0 aliphatic heterocycles. The standard InChI is InChI=1S/C14H17NS/c1-11-5-4-8-13(9-15)14(11)16-10-12-6-2-3-7-12/h4-5,8,12H,2-3,6-7,10H2,1H3. The van der Waals surface area contributed by atoms with E-state index < -0.39 is 0 Å². The van der Waals surface area contributed by atoms with Crippen LogP contribution in [-0.4, -0.2) is 5.75 Å². The number of hydrogen-bond donors (Lipinski definition) is 0. The molecular weight excluding hydrogens is 214 g/mol. The van der Waals surface area contributed by atoms with Crippen LogP contribution in [0.15, 0.2) is 23.1 Å². The zero-order valence-corrected chi connectivity index (χ0v) is 10.5. The highest BCUT2D eigenvalue weighted by Crippen LogP contribution is 2.33. The smallest absolute Gasteiger partial charge is 0.100 e. The lowest BCUT2D eigenvalue weighted by Gasteiger charge is -2.11. The van der Waals surface area contributed by atoms with Crippen LogP contribution in [0.1, 0.15) is 36.8 Å². The topological polar surface area (TPSA) is 23.8 Å². The molecule has 2 rings (SSSR count). The minimum Gasteiger partial charge on any atom is -0.192 e. The minimum absolute atomic E-state index is 0.836. The summed E-state index contributed by atoms with van der Waals surface area (Å²) in [5, 5.41) is 9.07. The molecule has 0 amide bonds. The van der Waals surface area contributed by atoms with Crippen molar-refractivity contribution in [2.24, 2.45) is 5.92 Å². The molecule has 0 radical (unpaired) electrons. The maximum absolute atomic E-state index is 9.07. The summed E-state index contributed by atoms with van der Waals surface area (Å²) in [6, 6.07) is 8.27. The summed E-state index contributed by atoms with van der Waals surface area (Å²) in [4.78, 5) is 1.19. The number of benzene rings is 1. The minimum atomic E-state index is 0.836. The molecule has 1 aliphatic rings. The summed E-state index contributed by atoms with van der Waals surface area (Å²) in [6.45, 7) is 2.10. The molecule has 0 aromatic heterocycles. The fourth-order valence-corrected chi connectivity index (χ4v) is 3.61. The summed E-state index contributed by atoms with van der Waals surface area (Å²) in [5.74, 6) is 2.05. The van der Waals surface area contributed by atoms with Crippen molar-refractivity contribution >= 4 is 11.8 Å². The lowest BCUT2D eigenvalue weighted by atomic mass is 10.1. The third kappa shape index (κ3) is 2.59. The van der Waals surface area contributed by atoms with Crippen LogP contribution >= 0.6 is 11.8 Å². The van der Waals surface area contributed by atoms with E-state index in [9.17, 15) is 0 Å². The Balaban J connectivity index is 2.05. The molecule has 1 fully saturated rings. The first-order valence-electron chi connectivity index (χ1n) is 5.94. The molecular formula is C14H17NS. The molecule has 1 aromatic rings. The summed E-state index contributed by atoms with van der Waals surface area (Å²) < 4.78 is 0. The normalized spacial score (nSPS) is 16.2. The Hall–Kier alpha value is -0.940. The van der Waals surface area contributed by atoms with Gasteiger partial charge in [0.2, 0.25) is 0 Å². The van der Waals surface area contributed by atoms with Crippen molar-refractivity contribution in [1.29, 1.82) is 5.26 Å². The quantitative estimate of drug-likeness (QED) is 0.730. The monoisotopic (exact) mass is 231 g/mol. The second-order valence-electron chi connectivity index (χ2n) is 4.52. The molecule has 1 saturated carbocycles. The van der Waals surface area contributed by atoms with Crippen LogP contribution in [0.5, 0.6) is 0 Å². The van der Waals surface area contributed by atoms with Crippen LogP contribution in [0.25, 0.3) is 0 Å². The Kier molecular flexibility index (Phi) is 3.90. The highest BCUT2D eigenvalue weighted by Gasteiger charge is 2.16. The summed E-state index contributed by atoms with van der Waals surface area (Å²) >= 11 is 1.87. The first-order valence-corrected chi connectivity index (χ1v) is 6.92. The number of thioether (sulfide) groups is 1. The second-order valence-corrected chi connectivity index (χ2v) is 5.56. The van der Waals surface area contributed by atoms with E-state index in [0.29, 0.717) is 0 Å². The van der Waals surface area contributed by atoms with E-state index >= 15 is 0 Å². The molecule has 1 nitrogen and oxygen atoms in total. The van der Waals surface area contributed by atoms with Crippen LogP contribution in [0.3, 0.4) is 0 Å². The zero-order valence-electron chi connectivity index (χ0n) is 9.70. The van der Waals surface area contributed by atoms with E-state index in [4.69, 9.17) is 5.26 Å². The van der Waals surface area contributed by atoms with Crippen molar-refractivity contribution in [2.75, 3.05) is 5.75 Å². The molecule has 16 heavy (non-hydrogen) atoms. The number of aryl methyl sites for hydroxylation is 1. The average molecular weight is 231 g/mol. The molecule has 2 heteroatoms. The zero-order chi connectivity index (χ0) is 11.4. The lowest BCUT2D eigenvalue weighted by Crippen LogP contribution is -1.97. The summed E-state index contributed by atoms with van der Waals surface area (Å²) in [5.41, 5.74) is 2.07. The van der Waals surface area contributed by atoms with Gasteiger partial charge in [-0.3, -0.25) is 0 Å². The Morgan fingerprint density at radius 2 is 2.12 bits per heavy atom. The molecule has 0 atom stereocenters. The van der Waals surface area contributed by atoms with Gasteiger partial charge in [0.05, 0.1) is 5.56 Å². The Morgan fingerprint density at radius 1 is 1.38 bits per heavy atom. The third-order valence-electron chi connectivity index (χ3n) is 3.27. The summed E-state index contributed by atoms with van der Waals surface area (Å²) in [7, 11) is 0. The SMILES string of the molecule is Cc1cccc(C#N)c1SCC1CCCC1. The van der Waals surface area contributed by atoms with Gasteiger partial charge in [0.15, 0.2) is 0 Å². The van der Waals surface area contributed by atoms with Gasteiger partial charge in [0.1, 0.15) is 6.07 Å². The first kappa shape index (κ1) is 11.5. The van der Waals surface area contributed by atoms with Crippen molar-refractivity contribution in [1.82, 2.24) is 0 Å². The molecule has 0 N–H and O–H groups in total. The van der Waals surface area contributed by atoms with Gasteiger partial charge in [-0.25, -0.2) is 0 Å². The van der Waals surface area contributed by atoms with E-state index in [1.165, 1.54) is 41.9 Å². The number of nitrogens with zero attached hydrogens (tertiary/aromatic N) is 1. The fourth-order valence-electron chi connectivity index (χ4n) is 2.31. The fraction of sp³-hybridized carbons (Fsp3) is 0.500. The Morgan fingerprint density at radius 3 is 2.81 bits per heavy atom. The van der Waals surface area contributed by atoms with E-state index in [1.54, 1.807) is 0 Å². The third-order valence-corrected chi connectivity index (χ3v) is 4.74. The van der Waals surface area contributed by atoms with Crippen LogP contribution in [0.2, 0.25) is 0 Å². The van der Waals surface area contributed by atoms with Crippen molar-refractivity contribution in [3.05, 3.63) is 29.3 Å². The Labute approximate surface area is 102 Å². The first-order chi connectivity index (χ1) is 7.81. The van der Waals surface area contributed by atoms with Gasteiger partial charge in [-0.1, -0.05) is 25.0 Å². The van der Waals surface area contributed by atoms with Crippen molar-refractivity contribution in [2.45, 2.75) is 37.5 Å². The highest BCUT2D eigenvalue weighted by atomic mass is 32.2. The van der Waals surface area contributed by atoms with Crippen LogP contribution in [0, 0.1) is 24.2 Å². The largest absolute Gasteiger partial charge is 0.192 e. The molecule has 1 aromatic carbocycles. The van der Waals surface area contributed by atoms with Crippen molar-refractivity contribution < 1.29 is 0 Å². The average Bonchev–Trinajstić information content (AvgIpc) is 2.80. The Bertz CT molecular complexity index is 400. The van der Waals surface area contributed by atoms with E-state index in [2.05, 4.69) is 19.1 Å². The molecule has 0 bridgehead atoms. The van der Waals surface area contributed by atoms with Gasteiger partial charge in [-0.2, -0.15) is 5.26 Å². The second kappa shape index (κ2) is 5.41. The maximum Gasteiger partial charge on any atom is 0.100 e. The number of nitriles is 1. The maximum atomic E-state index is 9.07. The van der Waals surface area contributed by atoms with Crippen LogP contribution < -0.4 is 0 Å². The molecule has 0 heterocycles. The number of hydrogen-bond acceptors (Lipinski definition) is 2. The summed E-state index contributed by atoms with van der Waals surface area (Å²) in [6.07, 6.45) is 5.54.